The molecule has 27 heavy (non-hydrogen) atoms. The lowest BCUT2D eigenvalue weighted by Crippen LogP contribution is -2.11. The van der Waals surface area contributed by atoms with Crippen LogP contribution in [0.5, 0.6) is 0 Å². The fourth-order valence-electron chi connectivity index (χ4n) is 2.90. The van der Waals surface area contributed by atoms with Crippen LogP contribution in [0.3, 0.4) is 0 Å². The first-order chi connectivity index (χ1) is 13.2. The van der Waals surface area contributed by atoms with Gasteiger partial charge in [0.1, 0.15) is 11.6 Å². The number of hydrogen-bond acceptors (Lipinski definition) is 2. The minimum absolute atomic E-state index is 0.00885. The van der Waals surface area contributed by atoms with Crippen LogP contribution in [0, 0.1) is 41.4 Å². The number of aryl methyl sites for hydroxylation is 1. The second kappa shape index (κ2) is 9.24. The van der Waals surface area contributed by atoms with Gasteiger partial charge in [-0.05, 0) is 66.7 Å². The standard InChI is InChI=1S/C23H17F2NS/c24-22-15-21(12-13-26-16-27)23(25)14-20(22)11-10-19-8-6-18(7-9-19)5-4-17-2-1-3-17/h6-9,14-15,17H,1-5H2. The van der Waals surface area contributed by atoms with Crippen LogP contribution < -0.4 is 0 Å². The van der Waals surface area contributed by atoms with E-state index in [0.29, 0.717) is 0 Å². The normalized spacial score (nSPS) is 12.7. The zero-order valence-corrected chi connectivity index (χ0v) is 15.5. The maximum atomic E-state index is 14.1. The van der Waals surface area contributed by atoms with Crippen LogP contribution in [-0.4, -0.2) is 5.16 Å². The van der Waals surface area contributed by atoms with Gasteiger partial charge in [-0.25, -0.2) is 8.78 Å². The maximum Gasteiger partial charge on any atom is 0.140 e. The number of aliphatic imine (C=N–C) groups is 1. The van der Waals surface area contributed by atoms with Gasteiger partial charge in [0.05, 0.1) is 22.3 Å². The number of thiocarbonyl (C=S) groups is 1. The smallest absolute Gasteiger partial charge is 0.140 e. The lowest BCUT2D eigenvalue weighted by atomic mass is 9.81. The average molecular weight is 377 g/mol. The molecule has 0 spiro atoms. The Morgan fingerprint density at radius 1 is 0.963 bits per heavy atom. The number of isothiocyanates is 1. The summed E-state index contributed by atoms with van der Waals surface area (Å²) in [6, 6.07) is 12.2. The van der Waals surface area contributed by atoms with E-state index in [9.17, 15) is 8.78 Å². The first kappa shape index (κ1) is 19.0. The summed E-state index contributed by atoms with van der Waals surface area (Å²) in [5.41, 5.74) is 1.95. The van der Waals surface area contributed by atoms with Gasteiger partial charge in [0.25, 0.3) is 0 Å². The van der Waals surface area contributed by atoms with E-state index >= 15 is 0 Å². The second-order valence-corrected chi connectivity index (χ2v) is 6.72. The molecule has 0 atom stereocenters. The number of halogens is 2. The summed E-state index contributed by atoms with van der Waals surface area (Å²) in [4.78, 5) is 3.36. The van der Waals surface area contributed by atoms with E-state index in [4.69, 9.17) is 0 Å². The van der Waals surface area contributed by atoms with Crippen molar-refractivity contribution in [2.75, 3.05) is 0 Å². The van der Waals surface area contributed by atoms with Crippen LogP contribution in [-0.2, 0) is 6.42 Å². The lowest BCUT2D eigenvalue weighted by Gasteiger charge is -2.25. The van der Waals surface area contributed by atoms with E-state index in [0.717, 1.165) is 30.0 Å². The van der Waals surface area contributed by atoms with Crippen molar-refractivity contribution in [2.45, 2.75) is 32.1 Å². The van der Waals surface area contributed by atoms with E-state index in [1.165, 1.54) is 31.2 Å². The summed E-state index contributed by atoms with van der Waals surface area (Å²) in [6.45, 7) is 0. The minimum Gasteiger partial charge on any atom is -0.206 e. The topological polar surface area (TPSA) is 12.4 Å². The molecule has 0 amide bonds. The first-order valence-electron chi connectivity index (χ1n) is 8.83. The second-order valence-electron chi connectivity index (χ2n) is 6.53. The molecular formula is C23H17F2NS. The van der Waals surface area contributed by atoms with Gasteiger partial charge in [0.2, 0.25) is 0 Å². The predicted molar refractivity (Wildman–Crippen MR) is 106 cm³/mol. The van der Waals surface area contributed by atoms with Crippen molar-refractivity contribution in [3.8, 4) is 23.8 Å². The van der Waals surface area contributed by atoms with Crippen LogP contribution in [0.25, 0.3) is 0 Å². The molecule has 1 fully saturated rings. The van der Waals surface area contributed by atoms with Crippen LogP contribution in [0.4, 0.5) is 8.78 Å². The van der Waals surface area contributed by atoms with Crippen molar-refractivity contribution in [1.82, 2.24) is 0 Å². The van der Waals surface area contributed by atoms with Crippen molar-refractivity contribution in [1.29, 1.82) is 0 Å². The molecule has 3 rings (SSSR count). The Morgan fingerprint density at radius 3 is 2.22 bits per heavy atom. The zero-order chi connectivity index (χ0) is 19.1. The van der Waals surface area contributed by atoms with E-state index < -0.39 is 11.6 Å². The molecule has 0 radical (unpaired) electrons. The monoisotopic (exact) mass is 377 g/mol. The molecule has 0 aromatic heterocycles. The van der Waals surface area contributed by atoms with E-state index in [1.807, 2.05) is 17.3 Å². The number of nitrogens with zero attached hydrogens (tertiary/aromatic N) is 1. The third-order valence-corrected chi connectivity index (χ3v) is 4.80. The summed E-state index contributed by atoms with van der Waals surface area (Å²) in [6.07, 6.45) is 6.39. The molecule has 2 aromatic carbocycles. The quantitative estimate of drug-likeness (QED) is 0.390. The maximum absolute atomic E-state index is 14.1. The molecule has 0 heterocycles. The highest BCUT2D eigenvalue weighted by molar-refractivity contribution is 7.78. The molecule has 1 saturated carbocycles. The fraction of sp³-hybridized carbons (Fsp3) is 0.261. The van der Waals surface area contributed by atoms with Crippen molar-refractivity contribution in [3.05, 3.63) is 70.3 Å². The van der Waals surface area contributed by atoms with E-state index in [2.05, 4.69) is 53.1 Å². The highest BCUT2D eigenvalue weighted by Gasteiger charge is 2.16. The Hall–Kier alpha value is -2.78. The van der Waals surface area contributed by atoms with Crippen molar-refractivity contribution in [2.24, 2.45) is 10.9 Å². The molecule has 1 aliphatic rings. The Kier molecular flexibility index (Phi) is 6.50. The van der Waals surface area contributed by atoms with E-state index in [1.54, 1.807) is 0 Å². The van der Waals surface area contributed by atoms with Crippen LogP contribution in [0.1, 0.15) is 47.9 Å². The summed E-state index contributed by atoms with van der Waals surface area (Å²) < 4.78 is 28.1. The van der Waals surface area contributed by atoms with Gasteiger partial charge in [0.15, 0.2) is 0 Å². The molecule has 0 N–H and O–H groups in total. The van der Waals surface area contributed by atoms with E-state index in [-0.39, 0.29) is 11.1 Å². The summed E-state index contributed by atoms with van der Waals surface area (Å²) in [5, 5.41) is 2.04. The number of benzene rings is 2. The van der Waals surface area contributed by atoms with Crippen LogP contribution in [0.15, 0.2) is 41.4 Å². The van der Waals surface area contributed by atoms with Gasteiger partial charge >= 0.3 is 0 Å². The molecule has 1 nitrogen and oxygen atoms in total. The van der Waals surface area contributed by atoms with Gasteiger partial charge in [-0.2, -0.15) is 0 Å². The molecule has 1 aliphatic carbocycles. The van der Waals surface area contributed by atoms with Gasteiger partial charge < -0.3 is 0 Å². The Balaban J connectivity index is 1.70. The average Bonchev–Trinajstić information content (AvgIpc) is 2.63. The Bertz CT molecular complexity index is 993. The van der Waals surface area contributed by atoms with Crippen LogP contribution in [0.2, 0.25) is 0 Å². The minimum atomic E-state index is -0.654. The summed E-state index contributed by atoms with van der Waals surface area (Å²) in [7, 11) is 0. The van der Waals surface area contributed by atoms with Gasteiger partial charge in [-0.1, -0.05) is 43.2 Å². The lowest BCUT2D eigenvalue weighted by molar-refractivity contribution is 0.296. The Morgan fingerprint density at radius 2 is 1.63 bits per heavy atom. The first-order valence-corrected chi connectivity index (χ1v) is 9.24. The molecule has 2 aromatic rings. The largest absolute Gasteiger partial charge is 0.206 e. The molecule has 0 saturated heterocycles. The van der Waals surface area contributed by atoms with Crippen molar-refractivity contribution >= 4 is 17.4 Å². The Labute approximate surface area is 163 Å². The SMILES string of the molecule is Fc1cc(C#Cc2ccc(CCC3CCC3)cc2)c(F)cc1C#CN=C=S. The summed E-state index contributed by atoms with van der Waals surface area (Å²) in [5.74, 6) is 7.55. The number of hydrogen-bond donors (Lipinski definition) is 0. The summed E-state index contributed by atoms with van der Waals surface area (Å²) >= 11 is 4.36. The van der Waals surface area contributed by atoms with Crippen molar-refractivity contribution in [3.63, 3.8) is 0 Å². The molecule has 134 valence electrons. The fourth-order valence-corrected chi connectivity index (χ4v) is 2.94. The predicted octanol–water partition coefficient (Wildman–Crippen LogP) is 5.51. The van der Waals surface area contributed by atoms with Gasteiger partial charge in [-0.15, -0.1) is 4.99 Å². The number of rotatable bonds is 3. The molecule has 0 bridgehead atoms. The molecule has 0 unspecified atom stereocenters. The molecule has 0 aliphatic heterocycles. The van der Waals surface area contributed by atoms with Gasteiger partial charge in [0, 0.05) is 5.56 Å². The highest BCUT2D eigenvalue weighted by atomic mass is 32.1. The third-order valence-electron chi connectivity index (χ3n) is 4.71. The molecular weight excluding hydrogens is 360 g/mol. The third kappa shape index (κ3) is 5.35. The van der Waals surface area contributed by atoms with Crippen molar-refractivity contribution < 1.29 is 8.78 Å². The highest BCUT2D eigenvalue weighted by Crippen LogP contribution is 2.30. The zero-order valence-electron chi connectivity index (χ0n) is 14.7. The van der Waals surface area contributed by atoms with Gasteiger partial charge in [-0.3, -0.25) is 0 Å². The molecule has 4 heteroatoms. The van der Waals surface area contributed by atoms with Crippen LogP contribution >= 0.6 is 12.2 Å².